The van der Waals surface area contributed by atoms with E-state index in [1.807, 2.05) is 42.5 Å². The van der Waals surface area contributed by atoms with Gasteiger partial charge in [0, 0.05) is 37.9 Å². The Labute approximate surface area is 294 Å². The number of hydrogen-bond donors (Lipinski definition) is 4. The zero-order valence-electron chi connectivity index (χ0n) is 28.6. The van der Waals surface area contributed by atoms with E-state index < -0.39 is 6.29 Å². The fraction of sp³-hybridized carbons (Fsp3) is 0.366. The van der Waals surface area contributed by atoms with Gasteiger partial charge in [0.1, 0.15) is 0 Å². The highest BCUT2D eigenvalue weighted by atomic mass is 16.7. The van der Waals surface area contributed by atoms with E-state index in [9.17, 15) is 14.7 Å². The third kappa shape index (κ3) is 9.79. The number of likely N-dealkylation sites (tertiary alicyclic amines) is 1. The first-order valence-corrected chi connectivity index (χ1v) is 17.8. The highest BCUT2D eigenvalue weighted by Crippen LogP contribution is 2.39. The van der Waals surface area contributed by atoms with Crippen LogP contribution < -0.4 is 16.4 Å². The predicted molar refractivity (Wildman–Crippen MR) is 196 cm³/mol. The van der Waals surface area contributed by atoms with Crippen molar-refractivity contribution in [2.45, 2.75) is 76.6 Å². The number of aliphatic hydroxyl groups is 1. The van der Waals surface area contributed by atoms with Gasteiger partial charge in [0.05, 0.1) is 30.2 Å². The molecule has 2 aliphatic heterocycles. The number of aliphatic hydroxyl groups excluding tert-OH is 1. The molecule has 2 fully saturated rings. The summed E-state index contributed by atoms with van der Waals surface area (Å²) >= 11 is 0. The Bertz CT molecular complexity index is 1720. The molecule has 6 rings (SSSR count). The average Bonchev–Trinajstić information content (AvgIpc) is 3.15. The van der Waals surface area contributed by atoms with E-state index in [0.29, 0.717) is 24.3 Å². The standard InChI is InChI=1S/C41H48N4O5/c42-36-13-2-3-14-37(36)44-40(48)16-8-15-39(47)43-26-30-9-6-10-32(23-30)33-11-7-12-34(24-33)41-49-35(27-45-21-4-1-5-22-45)25-38(50-41)31-19-17-29(28-46)18-20-31/h2-3,6-7,9-14,17-20,23-24,35,38,41,46H,1,4-5,8,15-16,21-22,25-28,42H2,(H,43,47)(H,44,48)/t35-,38+,41+/m1/s1. The van der Waals surface area contributed by atoms with E-state index in [0.717, 1.165) is 59.4 Å². The number of nitrogen functional groups attached to an aromatic ring is 1. The number of rotatable bonds is 13. The average molecular weight is 677 g/mol. The summed E-state index contributed by atoms with van der Waals surface area (Å²) in [6.07, 6.45) is 4.85. The van der Waals surface area contributed by atoms with Crippen molar-refractivity contribution in [3.8, 4) is 11.1 Å². The molecule has 262 valence electrons. The molecule has 0 aliphatic carbocycles. The maximum absolute atomic E-state index is 12.6. The summed E-state index contributed by atoms with van der Waals surface area (Å²) in [7, 11) is 0. The van der Waals surface area contributed by atoms with Gasteiger partial charge in [-0.05, 0) is 84.4 Å². The molecule has 50 heavy (non-hydrogen) atoms. The molecule has 0 spiro atoms. The molecule has 2 amide bonds. The summed E-state index contributed by atoms with van der Waals surface area (Å²) in [5, 5.41) is 15.3. The number of para-hydroxylation sites is 2. The Morgan fingerprint density at radius 1 is 0.780 bits per heavy atom. The lowest BCUT2D eigenvalue weighted by Gasteiger charge is -2.39. The second kappa shape index (κ2) is 17.4. The number of anilines is 2. The number of benzene rings is 4. The minimum atomic E-state index is -0.518. The number of hydrogen-bond acceptors (Lipinski definition) is 7. The highest BCUT2D eigenvalue weighted by molar-refractivity contribution is 5.94. The van der Waals surface area contributed by atoms with Crippen LogP contribution in [0.2, 0.25) is 0 Å². The molecule has 0 radical (unpaired) electrons. The van der Waals surface area contributed by atoms with Crippen LogP contribution in [0.4, 0.5) is 11.4 Å². The predicted octanol–water partition coefficient (Wildman–Crippen LogP) is 6.88. The molecule has 0 unspecified atom stereocenters. The minimum Gasteiger partial charge on any atom is -0.397 e. The largest absolute Gasteiger partial charge is 0.397 e. The Morgan fingerprint density at radius 3 is 2.30 bits per heavy atom. The minimum absolute atomic E-state index is 0.0156. The Morgan fingerprint density at radius 2 is 1.52 bits per heavy atom. The van der Waals surface area contributed by atoms with E-state index >= 15 is 0 Å². The summed E-state index contributed by atoms with van der Waals surface area (Å²) in [6.45, 7) is 3.50. The summed E-state index contributed by atoms with van der Waals surface area (Å²) in [4.78, 5) is 27.4. The van der Waals surface area contributed by atoms with E-state index in [4.69, 9.17) is 15.2 Å². The molecule has 0 saturated carbocycles. The van der Waals surface area contributed by atoms with Crippen LogP contribution in [-0.2, 0) is 32.2 Å². The van der Waals surface area contributed by atoms with Crippen molar-refractivity contribution in [1.82, 2.24) is 10.2 Å². The maximum atomic E-state index is 12.6. The first-order valence-electron chi connectivity index (χ1n) is 17.8. The van der Waals surface area contributed by atoms with E-state index in [1.54, 1.807) is 12.1 Å². The summed E-state index contributed by atoms with van der Waals surface area (Å²) in [6, 6.07) is 31.6. The van der Waals surface area contributed by atoms with E-state index in [2.05, 4.69) is 58.0 Å². The maximum Gasteiger partial charge on any atom is 0.224 e. The third-order valence-electron chi connectivity index (χ3n) is 9.48. The lowest BCUT2D eigenvalue weighted by atomic mass is 9.98. The van der Waals surface area contributed by atoms with Gasteiger partial charge in [-0.15, -0.1) is 0 Å². The molecule has 4 aromatic rings. The van der Waals surface area contributed by atoms with E-state index in [-0.39, 0.29) is 43.5 Å². The summed E-state index contributed by atoms with van der Waals surface area (Å²) in [5.41, 5.74) is 13.0. The SMILES string of the molecule is Nc1ccccc1NC(=O)CCCC(=O)NCc1cccc(-c2cccc([C@H]3O[C@@H](CN4CCCCC4)C[C@@H](c4ccc(CO)cc4)O3)c2)c1. The van der Waals surface area contributed by atoms with Crippen molar-refractivity contribution < 1.29 is 24.2 Å². The molecule has 4 aromatic carbocycles. The molecule has 0 bridgehead atoms. The van der Waals surface area contributed by atoms with Crippen molar-refractivity contribution in [1.29, 1.82) is 0 Å². The van der Waals surface area contributed by atoms with Gasteiger partial charge in [-0.25, -0.2) is 0 Å². The van der Waals surface area contributed by atoms with Gasteiger partial charge in [-0.3, -0.25) is 9.59 Å². The number of piperidine rings is 1. The first kappa shape index (κ1) is 35.3. The molecule has 0 aromatic heterocycles. The molecule has 9 heteroatoms. The smallest absolute Gasteiger partial charge is 0.224 e. The van der Waals surface area contributed by atoms with E-state index in [1.165, 1.54) is 19.3 Å². The third-order valence-corrected chi connectivity index (χ3v) is 9.48. The summed E-state index contributed by atoms with van der Waals surface area (Å²) < 4.78 is 13.3. The second-order valence-electron chi connectivity index (χ2n) is 13.3. The molecule has 2 aliphatic rings. The van der Waals surface area contributed by atoms with Crippen LogP contribution in [0.3, 0.4) is 0 Å². The Balaban J connectivity index is 1.07. The number of carbonyl (C=O) groups excluding carboxylic acids is 2. The van der Waals surface area contributed by atoms with Crippen LogP contribution in [0.15, 0.2) is 97.1 Å². The zero-order chi connectivity index (χ0) is 34.7. The number of nitrogens with one attached hydrogen (secondary N) is 2. The molecular formula is C41H48N4O5. The highest BCUT2D eigenvalue weighted by Gasteiger charge is 2.33. The number of nitrogens with zero attached hydrogens (tertiary/aromatic N) is 1. The van der Waals surface area contributed by atoms with Crippen LogP contribution in [0.5, 0.6) is 0 Å². The van der Waals surface area contributed by atoms with Crippen molar-refractivity contribution in [3.05, 3.63) is 119 Å². The van der Waals surface area contributed by atoms with Crippen LogP contribution in [0, 0.1) is 0 Å². The number of nitrogens with two attached hydrogens (primary N) is 1. The molecule has 9 nitrogen and oxygen atoms in total. The van der Waals surface area contributed by atoms with Gasteiger partial charge in [0.15, 0.2) is 6.29 Å². The van der Waals surface area contributed by atoms with Crippen LogP contribution >= 0.6 is 0 Å². The van der Waals surface area contributed by atoms with Crippen molar-refractivity contribution >= 4 is 23.2 Å². The van der Waals surface area contributed by atoms with Crippen LogP contribution in [0.1, 0.15) is 79.6 Å². The Kier molecular flexibility index (Phi) is 12.3. The molecule has 5 N–H and O–H groups in total. The van der Waals surface area contributed by atoms with Crippen molar-refractivity contribution in [2.75, 3.05) is 30.7 Å². The number of carbonyl (C=O) groups is 2. The summed E-state index contributed by atoms with van der Waals surface area (Å²) in [5.74, 6) is -0.268. The van der Waals surface area contributed by atoms with Gasteiger partial charge in [0.2, 0.25) is 11.8 Å². The fourth-order valence-corrected chi connectivity index (χ4v) is 6.71. The zero-order valence-corrected chi connectivity index (χ0v) is 28.6. The van der Waals surface area contributed by atoms with Gasteiger partial charge in [0.25, 0.3) is 0 Å². The fourth-order valence-electron chi connectivity index (χ4n) is 6.71. The molecule has 3 atom stereocenters. The quantitative estimate of drug-likeness (QED) is 0.114. The Hall–Kier alpha value is -4.54. The first-order chi connectivity index (χ1) is 24.4. The van der Waals surface area contributed by atoms with Gasteiger partial charge in [-0.2, -0.15) is 0 Å². The van der Waals surface area contributed by atoms with Gasteiger partial charge < -0.3 is 35.8 Å². The second-order valence-corrected chi connectivity index (χ2v) is 13.3. The van der Waals surface area contributed by atoms with Gasteiger partial charge >= 0.3 is 0 Å². The van der Waals surface area contributed by atoms with Crippen molar-refractivity contribution in [3.63, 3.8) is 0 Å². The number of amides is 2. The normalized spacial score (nSPS) is 19.5. The lowest BCUT2D eigenvalue weighted by molar-refractivity contribution is -0.253. The lowest BCUT2D eigenvalue weighted by Crippen LogP contribution is -2.41. The topological polar surface area (TPSA) is 126 Å². The molecule has 2 heterocycles. The molecular weight excluding hydrogens is 628 g/mol. The monoisotopic (exact) mass is 676 g/mol. The van der Waals surface area contributed by atoms with Gasteiger partial charge in [-0.1, -0.05) is 79.2 Å². The molecule has 2 saturated heterocycles. The van der Waals surface area contributed by atoms with Crippen molar-refractivity contribution in [2.24, 2.45) is 0 Å². The van der Waals surface area contributed by atoms with Crippen LogP contribution in [-0.4, -0.2) is 47.6 Å². The van der Waals surface area contributed by atoms with Crippen LogP contribution in [0.25, 0.3) is 11.1 Å². The number of ether oxygens (including phenoxy) is 2.